The Kier molecular flexibility index (Phi) is 13.1. The van der Waals surface area contributed by atoms with Crippen molar-refractivity contribution in [3.8, 4) is 18.2 Å². The van der Waals surface area contributed by atoms with Gasteiger partial charge in [-0.25, -0.2) is 14.4 Å². The summed E-state index contributed by atoms with van der Waals surface area (Å²) in [6, 6.07) is 28.1. The van der Waals surface area contributed by atoms with E-state index in [0.717, 1.165) is 17.1 Å². The lowest BCUT2D eigenvalue weighted by Crippen LogP contribution is -2.55. The molecular weight excluding hydrogens is 648 g/mol. The fourth-order valence-corrected chi connectivity index (χ4v) is 5.12. The summed E-state index contributed by atoms with van der Waals surface area (Å²) in [5.74, 6) is -2.03. The van der Waals surface area contributed by atoms with Crippen molar-refractivity contribution in [1.82, 2.24) is 0 Å². The first-order valence-electron chi connectivity index (χ1n) is 16.1. The molecule has 0 radical (unpaired) electrons. The molecule has 0 spiro atoms. The lowest BCUT2D eigenvalue weighted by molar-refractivity contribution is -0.138. The number of benzene rings is 3. The zero-order chi connectivity index (χ0) is 36.8. The van der Waals surface area contributed by atoms with Crippen LogP contribution >= 0.6 is 0 Å². The smallest absolute Gasteiger partial charge is 0.348 e. The predicted octanol–water partition coefficient (Wildman–Crippen LogP) is 5.80. The molecule has 51 heavy (non-hydrogen) atoms. The zero-order valence-corrected chi connectivity index (χ0v) is 28.5. The zero-order valence-electron chi connectivity index (χ0n) is 28.5. The van der Waals surface area contributed by atoms with Crippen molar-refractivity contribution in [3.05, 3.63) is 106 Å². The number of carbonyl (C=O) groups is 3. The number of hydrogen-bond donors (Lipinski definition) is 0. The molecule has 1 heterocycles. The van der Waals surface area contributed by atoms with Crippen LogP contribution in [0.2, 0.25) is 0 Å². The van der Waals surface area contributed by atoms with Gasteiger partial charge in [0.05, 0.1) is 39.8 Å². The Morgan fingerprint density at radius 2 is 0.745 bits per heavy atom. The molecule has 0 bridgehead atoms. The average Bonchev–Trinajstić information content (AvgIpc) is 3.15. The Morgan fingerprint density at radius 3 is 0.941 bits per heavy atom. The van der Waals surface area contributed by atoms with Crippen molar-refractivity contribution in [1.29, 1.82) is 15.8 Å². The minimum Gasteiger partial charge on any atom is -0.462 e. The maximum Gasteiger partial charge on any atom is 0.348 e. The number of esters is 3. The van der Waals surface area contributed by atoms with Crippen molar-refractivity contribution in [2.75, 3.05) is 54.5 Å². The van der Waals surface area contributed by atoms with E-state index >= 15 is 0 Å². The standard InChI is InChI=1S/C39H36N6O6/c1-4-49-37(46)31(22-40)19-28-7-13-34(14-8-28)43-25-44(35-15-9-29(10-16-35)20-32(23-41)38(47)50-5-2)27-45(26-43)36-17-11-30(12-18-36)21-33(24-42)39(48)51-6-3/h7-21H,4-6,25-27H2,1-3H3/b31-19+,32-20+,33-21+. The second-order valence-electron chi connectivity index (χ2n) is 11.0. The van der Waals surface area contributed by atoms with Crippen molar-refractivity contribution in [2.24, 2.45) is 0 Å². The van der Waals surface area contributed by atoms with E-state index < -0.39 is 17.9 Å². The highest BCUT2D eigenvalue weighted by Gasteiger charge is 2.25. The van der Waals surface area contributed by atoms with Crippen LogP contribution in [0.3, 0.4) is 0 Å². The molecule has 0 saturated carbocycles. The monoisotopic (exact) mass is 684 g/mol. The number of nitrogens with zero attached hydrogens (tertiary/aromatic N) is 6. The molecule has 258 valence electrons. The van der Waals surface area contributed by atoms with Gasteiger partial charge in [-0.1, -0.05) is 36.4 Å². The van der Waals surface area contributed by atoms with Gasteiger partial charge in [0.2, 0.25) is 0 Å². The molecule has 4 rings (SSSR count). The van der Waals surface area contributed by atoms with Crippen LogP contribution in [-0.2, 0) is 28.6 Å². The van der Waals surface area contributed by atoms with E-state index in [1.54, 1.807) is 20.8 Å². The summed E-state index contributed by atoms with van der Waals surface area (Å²) in [6.45, 7) is 7.05. The lowest BCUT2D eigenvalue weighted by atomic mass is 10.1. The molecule has 3 aromatic rings. The van der Waals surface area contributed by atoms with Crippen LogP contribution in [0, 0.1) is 34.0 Å². The van der Waals surface area contributed by atoms with Gasteiger partial charge in [-0.3, -0.25) is 0 Å². The van der Waals surface area contributed by atoms with Gasteiger partial charge >= 0.3 is 17.9 Å². The fraction of sp³-hybridized carbons (Fsp3) is 0.231. The molecule has 0 atom stereocenters. The maximum atomic E-state index is 12.1. The number of anilines is 3. The average molecular weight is 685 g/mol. The minimum atomic E-state index is -0.677. The number of ether oxygens (including phenoxy) is 3. The van der Waals surface area contributed by atoms with Crippen molar-refractivity contribution >= 4 is 53.2 Å². The molecule has 0 unspecified atom stereocenters. The quantitative estimate of drug-likeness (QED) is 0.0978. The normalized spacial score (nSPS) is 13.4. The summed E-state index contributed by atoms with van der Waals surface area (Å²) in [7, 11) is 0. The number of nitriles is 3. The Bertz CT molecular complexity index is 1710. The van der Waals surface area contributed by atoms with Gasteiger partial charge in [0.15, 0.2) is 0 Å². The Labute approximate surface area is 296 Å². The predicted molar refractivity (Wildman–Crippen MR) is 192 cm³/mol. The molecule has 3 aromatic carbocycles. The van der Waals surface area contributed by atoms with E-state index in [1.165, 1.54) is 18.2 Å². The van der Waals surface area contributed by atoms with E-state index in [9.17, 15) is 30.2 Å². The Hall–Kier alpha value is -6.84. The summed E-state index contributed by atoms with van der Waals surface area (Å²) in [6.07, 6.45) is 4.46. The maximum absolute atomic E-state index is 12.1. The highest BCUT2D eigenvalue weighted by molar-refractivity contribution is 5.99. The third kappa shape index (κ3) is 9.85. The first-order valence-corrected chi connectivity index (χ1v) is 16.1. The molecule has 0 aliphatic carbocycles. The summed E-state index contributed by atoms with van der Waals surface area (Å²) >= 11 is 0. The van der Waals surface area contributed by atoms with E-state index in [-0.39, 0.29) is 36.5 Å². The summed E-state index contributed by atoms with van der Waals surface area (Å²) in [5, 5.41) is 28.3. The second-order valence-corrected chi connectivity index (χ2v) is 11.0. The first kappa shape index (κ1) is 37.0. The van der Waals surface area contributed by atoms with Gasteiger partial charge in [0.25, 0.3) is 0 Å². The van der Waals surface area contributed by atoms with E-state index in [2.05, 4.69) is 14.7 Å². The van der Waals surface area contributed by atoms with Gasteiger partial charge in [0, 0.05) is 17.1 Å². The number of rotatable bonds is 12. The second kappa shape index (κ2) is 18.1. The van der Waals surface area contributed by atoms with Crippen LogP contribution in [0.4, 0.5) is 17.1 Å². The molecule has 0 amide bonds. The number of hydrogen-bond acceptors (Lipinski definition) is 12. The van der Waals surface area contributed by atoms with Gasteiger partial charge < -0.3 is 28.9 Å². The minimum absolute atomic E-state index is 0.0928. The van der Waals surface area contributed by atoms with Gasteiger partial charge in [0.1, 0.15) is 34.9 Å². The third-order valence-corrected chi connectivity index (χ3v) is 7.58. The van der Waals surface area contributed by atoms with Crippen molar-refractivity contribution in [3.63, 3.8) is 0 Å². The van der Waals surface area contributed by atoms with E-state index in [0.29, 0.717) is 36.7 Å². The van der Waals surface area contributed by atoms with Crippen molar-refractivity contribution < 1.29 is 28.6 Å². The lowest BCUT2D eigenvalue weighted by Gasteiger charge is -2.45. The van der Waals surface area contributed by atoms with Crippen LogP contribution in [0.5, 0.6) is 0 Å². The largest absolute Gasteiger partial charge is 0.462 e. The SMILES string of the molecule is CCOC(=O)/C(C#N)=C/c1ccc(N2CN(c3ccc(/C=C(\C#N)C(=O)OCC)cc3)CN(c3ccc(/C=C(\C#N)C(=O)OCC)cc3)C2)cc1. The molecule has 12 heteroatoms. The van der Waals surface area contributed by atoms with Crippen molar-refractivity contribution in [2.45, 2.75) is 20.8 Å². The van der Waals surface area contributed by atoms with Gasteiger partial charge in [-0.05, 0) is 92.1 Å². The third-order valence-electron chi connectivity index (χ3n) is 7.58. The molecule has 1 aliphatic heterocycles. The Morgan fingerprint density at radius 1 is 0.510 bits per heavy atom. The highest BCUT2D eigenvalue weighted by Crippen LogP contribution is 2.28. The Balaban J connectivity index is 1.65. The van der Waals surface area contributed by atoms with Crippen LogP contribution < -0.4 is 14.7 Å². The van der Waals surface area contributed by atoms with E-state index in [1.807, 2.05) is 91.0 Å². The molecule has 1 fully saturated rings. The van der Waals surface area contributed by atoms with Gasteiger partial charge in [-0.15, -0.1) is 0 Å². The van der Waals surface area contributed by atoms with Crippen LogP contribution in [0.15, 0.2) is 89.5 Å². The molecule has 12 nitrogen and oxygen atoms in total. The van der Waals surface area contributed by atoms with Gasteiger partial charge in [-0.2, -0.15) is 15.8 Å². The summed E-state index contributed by atoms with van der Waals surface area (Å²) < 4.78 is 14.9. The highest BCUT2D eigenvalue weighted by atomic mass is 16.5. The topological polar surface area (TPSA) is 160 Å². The molecule has 1 saturated heterocycles. The fourth-order valence-electron chi connectivity index (χ4n) is 5.12. The van der Waals surface area contributed by atoms with Crippen LogP contribution in [0.1, 0.15) is 37.5 Å². The molecule has 0 N–H and O–H groups in total. The summed E-state index contributed by atoms with van der Waals surface area (Å²) in [5.41, 5.74) is 4.38. The molecule has 1 aliphatic rings. The van der Waals surface area contributed by atoms with Crippen LogP contribution in [0.25, 0.3) is 18.2 Å². The van der Waals surface area contributed by atoms with E-state index in [4.69, 9.17) is 14.2 Å². The molecular formula is C39H36N6O6. The molecule has 0 aromatic heterocycles. The summed E-state index contributed by atoms with van der Waals surface area (Å²) in [4.78, 5) is 42.8. The van der Waals surface area contributed by atoms with Crippen LogP contribution in [-0.4, -0.2) is 57.7 Å². The number of carbonyl (C=O) groups excluding carboxylic acids is 3. The first-order chi connectivity index (χ1) is 24.7.